The third-order valence-electron chi connectivity index (χ3n) is 4.49. The highest BCUT2D eigenvalue weighted by Crippen LogP contribution is 2.28. The molecule has 0 aromatic carbocycles. The predicted molar refractivity (Wildman–Crippen MR) is 108 cm³/mol. The number of carbonyl (C=O) groups is 1. The van der Waals surface area contributed by atoms with Gasteiger partial charge in [0.05, 0.1) is 5.71 Å². The number of nitrogens with one attached hydrogen (secondary N) is 3. The predicted octanol–water partition coefficient (Wildman–Crippen LogP) is 2.66. The molecule has 1 amide bonds. The first-order chi connectivity index (χ1) is 12.9. The highest BCUT2D eigenvalue weighted by atomic mass is 32.1. The van der Waals surface area contributed by atoms with E-state index in [9.17, 15) is 4.79 Å². The lowest BCUT2D eigenvalue weighted by atomic mass is 10.1. The van der Waals surface area contributed by atoms with Crippen LogP contribution in [0.1, 0.15) is 25.1 Å². The Morgan fingerprint density at radius 2 is 2.33 bits per heavy atom. The monoisotopic (exact) mass is 387 g/mol. The second-order valence-electron chi connectivity index (χ2n) is 6.75. The van der Waals surface area contributed by atoms with Crippen LogP contribution in [0.15, 0.2) is 42.0 Å². The molecular weight excluding hydrogens is 362 g/mol. The van der Waals surface area contributed by atoms with Crippen molar-refractivity contribution in [3.63, 3.8) is 0 Å². The zero-order chi connectivity index (χ0) is 19.4. The number of carbonyl (C=O) groups excluding carboxylic acids is 1. The minimum Gasteiger partial charge on any atom is -0.489 e. The van der Waals surface area contributed by atoms with Gasteiger partial charge in [-0.2, -0.15) is 0 Å². The summed E-state index contributed by atoms with van der Waals surface area (Å²) in [4.78, 5) is 18.9. The molecular formula is C19H25N5O2S. The van der Waals surface area contributed by atoms with Crippen LogP contribution in [0.25, 0.3) is 0 Å². The topological polar surface area (TPSA) is 90.3 Å². The van der Waals surface area contributed by atoms with Gasteiger partial charge >= 0.3 is 0 Å². The minimum atomic E-state index is -0.104. The third-order valence-corrected chi connectivity index (χ3v) is 5.38. The van der Waals surface area contributed by atoms with E-state index in [2.05, 4.69) is 27.4 Å². The maximum absolute atomic E-state index is 11.1. The average Bonchev–Trinajstić information content (AvgIpc) is 3.17. The van der Waals surface area contributed by atoms with E-state index in [4.69, 9.17) is 10.1 Å². The number of rotatable bonds is 6. The van der Waals surface area contributed by atoms with Crippen molar-refractivity contribution in [2.24, 2.45) is 0 Å². The molecule has 0 radical (unpaired) electrons. The van der Waals surface area contributed by atoms with E-state index in [-0.39, 0.29) is 12.0 Å². The Morgan fingerprint density at radius 3 is 3.07 bits per heavy atom. The van der Waals surface area contributed by atoms with Gasteiger partial charge in [0.1, 0.15) is 11.9 Å². The molecule has 1 saturated heterocycles. The van der Waals surface area contributed by atoms with Crippen LogP contribution in [0, 0.1) is 5.41 Å². The molecule has 1 aromatic heterocycles. The van der Waals surface area contributed by atoms with Crippen LogP contribution in [0.3, 0.4) is 0 Å². The Bertz CT molecular complexity index is 811. The van der Waals surface area contributed by atoms with Crippen LogP contribution < -0.4 is 10.6 Å². The molecule has 2 atom stereocenters. The molecule has 27 heavy (non-hydrogen) atoms. The van der Waals surface area contributed by atoms with Crippen LogP contribution in [-0.2, 0) is 16.1 Å². The Labute approximate surface area is 163 Å². The van der Waals surface area contributed by atoms with Crippen LogP contribution in [-0.4, -0.2) is 47.2 Å². The number of allylic oxidation sites excluding steroid dienone is 4. The van der Waals surface area contributed by atoms with Gasteiger partial charge in [0.15, 0.2) is 5.13 Å². The number of ether oxygens (including phenoxy) is 1. The second-order valence-corrected chi connectivity index (χ2v) is 7.86. The number of likely N-dealkylation sites (tertiary alicyclic amines) is 1. The fourth-order valence-electron chi connectivity index (χ4n) is 3.22. The van der Waals surface area contributed by atoms with Gasteiger partial charge in [-0.05, 0) is 25.2 Å². The smallest absolute Gasteiger partial charge is 0.223 e. The number of nitrogens with zero attached hydrogens (tertiary/aromatic N) is 2. The first kappa shape index (κ1) is 19.3. The van der Waals surface area contributed by atoms with Crippen molar-refractivity contribution in [3.05, 3.63) is 46.8 Å². The van der Waals surface area contributed by atoms with Crippen LogP contribution in [0.2, 0.25) is 0 Å². The molecule has 0 unspecified atom stereocenters. The van der Waals surface area contributed by atoms with Crippen molar-refractivity contribution in [2.45, 2.75) is 39.0 Å². The summed E-state index contributed by atoms with van der Waals surface area (Å²) in [6.07, 6.45) is 10.2. The lowest BCUT2D eigenvalue weighted by Crippen LogP contribution is -2.27. The molecule has 0 spiro atoms. The molecule has 3 rings (SSSR count). The van der Waals surface area contributed by atoms with Gasteiger partial charge in [-0.3, -0.25) is 9.69 Å². The number of aromatic nitrogens is 1. The fourth-order valence-corrected chi connectivity index (χ4v) is 4.11. The highest BCUT2D eigenvalue weighted by Gasteiger charge is 2.31. The van der Waals surface area contributed by atoms with E-state index in [1.54, 1.807) is 12.3 Å². The lowest BCUT2D eigenvalue weighted by Gasteiger charge is -2.20. The van der Waals surface area contributed by atoms with Crippen molar-refractivity contribution < 1.29 is 9.53 Å². The SMILES string of the molecule is CN/C=C1/C=C(O[C@@H]2C[C@H](C)N(Cc3cnc(NC(C)=O)s3)C2)C=CC1=N. The van der Waals surface area contributed by atoms with Crippen LogP contribution in [0.4, 0.5) is 5.13 Å². The molecule has 3 N–H and O–H groups in total. The zero-order valence-electron chi connectivity index (χ0n) is 15.8. The maximum atomic E-state index is 11.1. The second kappa shape index (κ2) is 8.49. The Hall–Kier alpha value is -2.45. The lowest BCUT2D eigenvalue weighted by molar-refractivity contribution is -0.114. The van der Waals surface area contributed by atoms with E-state index >= 15 is 0 Å². The average molecular weight is 388 g/mol. The zero-order valence-corrected chi connectivity index (χ0v) is 16.6. The summed E-state index contributed by atoms with van der Waals surface area (Å²) in [5.74, 6) is 0.685. The molecule has 2 aliphatic rings. The number of anilines is 1. The highest BCUT2D eigenvalue weighted by molar-refractivity contribution is 7.15. The van der Waals surface area contributed by atoms with E-state index in [1.165, 1.54) is 18.3 Å². The first-order valence-corrected chi connectivity index (χ1v) is 9.75. The summed E-state index contributed by atoms with van der Waals surface area (Å²) in [6, 6.07) is 0.403. The van der Waals surface area contributed by atoms with E-state index < -0.39 is 0 Å². The third kappa shape index (κ3) is 5.05. The van der Waals surface area contributed by atoms with Gasteiger partial charge in [-0.1, -0.05) is 0 Å². The molecule has 8 heteroatoms. The minimum absolute atomic E-state index is 0.104. The first-order valence-electron chi connectivity index (χ1n) is 8.93. The van der Waals surface area contributed by atoms with Crippen molar-refractivity contribution in [3.8, 4) is 0 Å². The van der Waals surface area contributed by atoms with Crippen LogP contribution in [0.5, 0.6) is 0 Å². The van der Waals surface area contributed by atoms with E-state index in [0.29, 0.717) is 16.9 Å². The summed E-state index contributed by atoms with van der Waals surface area (Å²) in [7, 11) is 1.82. The van der Waals surface area contributed by atoms with Gasteiger partial charge in [-0.15, -0.1) is 11.3 Å². The number of hydrogen-bond donors (Lipinski definition) is 3. The molecule has 2 heterocycles. The van der Waals surface area contributed by atoms with Gasteiger partial charge in [0.25, 0.3) is 0 Å². The van der Waals surface area contributed by atoms with Crippen molar-refractivity contribution in [1.82, 2.24) is 15.2 Å². The normalized spacial score (nSPS) is 24.2. The number of thiazole rings is 1. The Morgan fingerprint density at radius 1 is 1.52 bits per heavy atom. The molecule has 1 aliphatic heterocycles. The maximum Gasteiger partial charge on any atom is 0.223 e. The Kier molecular flexibility index (Phi) is 6.08. The van der Waals surface area contributed by atoms with Gasteiger partial charge in [-0.25, -0.2) is 4.98 Å². The van der Waals surface area contributed by atoms with E-state index in [1.807, 2.05) is 25.4 Å². The summed E-state index contributed by atoms with van der Waals surface area (Å²) < 4.78 is 6.17. The van der Waals surface area contributed by atoms with Gasteiger partial charge in [0.2, 0.25) is 5.91 Å². The molecule has 144 valence electrons. The molecule has 1 aliphatic carbocycles. The summed E-state index contributed by atoms with van der Waals surface area (Å²) in [5.41, 5.74) is 1.28. The van der Waals surface area contributed by atoms with Gasteiger partial charge < -0.3 is 20.8 Å². The number of amides is 1. The van der Waals surface area contributed by atoms with E-state index in [0.717, 1.165) is 35.7 Å². The summed E-state index contributed by atoms with van der Waals surface area (Å²) in [5, 5.41) is 14.2. The van der Waals surface area contributed by atoms with Crippen LogP contribution >= 0.6 is 11.3 Å². The molecule has 7 nitrogen and oxygen atoms in total. The molecule has 0 bridgehead atoms. The molecule has 0 saturated carbocycles. The molecule has 1 aromatic rings. The largest absolute Gasteiger partial charge is 0.489 e. The number of hydrogen-bond acceptors (Lipinski definition) is 7. The standard InChI is InChI=1S/C19H25N5O2S/c1-12-6-16(26-15-4-5-18(20)14(7-15)8-21-3)10-24(12)11-17-9-22-19(27-17)23-13(2)25/h4-5,7-9,12,16,20-21H,6,10-11H2,1-3H3,(H,22,23,25)/b14-8-,20-18?/t12-,16+/m0/s1. The van der Waals surface area contributed by atoms with Crippen molar-refractivity contribution in [2.75, 3.05) is 18.9 Å². The Balaban J connectivity index is 1.58. The van der Waals surface area contributed by atoms with Crippen molar-refractivity contribution in [1.29, 1.82) is 5.41 Å². The van der Waals surface area contributed by atoms with Crippen molar-refractivity contribution >= 4 is 28.1 Å². The summed E-state index contributed by atoms with van der Waals surface area (Å²) in [6.45, 7) is 5.32. The fraction of sp³-hybridized carbons (Fsp3) is 0.421. The molecule has 1 fully saturated rings. The summed E-state index contributed by atoms with van der Waals surface area (Å²) >= 11 is 1.51. The van der Waals surface area contributed by atoms with Gasteiger partial charge in [0, 0.05) is 62.4 Å². The quantitative estimate of drug-likeness (QED) is 0.698.